The molecule has 0 saturated heterocycles. The van der Waals surface area contributed by atoms with E-state index in [2.05, 4.69) is 12.1 Å². The van der Waals surface area contributed by atoms with Gasteiger partial charge in [0, 0.05) is 0 Å². The number of aryl methyl sites for hydroxylation is 1. The molecule has 0 atom stereocenters. The van der Waals surface area contributed by atoms with E-state index in [0.717, 1.165) is 21.9 Å². The van der Waals surface area contributed by atoms with Crippen molar-refractivity contribution in [2.45, 2.75) is 13.5 Å². The molecule has 0 N–H and O–H groups in total. The molecular formula is C25H18O4. The molecule has 0 amide bonds. The van der Waals surface area contributed by atoms with Crippen LogP contribution in [-0.4, -0.2) is 0 Å². The molecule has 0 unspecified atom stereocenters. The highest BCUT2D eigenvalue weighted by Gasteiger charge is 2.20. The van der Waals surface area contributed by atoms with Gasteiger partial charge in [0.2, 0.25) is 16.9 Å². The Morgan fingerprint density at radius 2 is 1.76 bits per heavy atom. The fourth-order valence-corrected chi connectivity index (χ4v) is 3.56. The van der Waals surface area contributed by atoms with E-state index < -0.39 is 0 Å². The van der Waals surface area contributed by atoms with Crippen LogP contribution >= 0.6 is 0 Å². The molecule has 0 saturated carbocycles. The van der Waals surface area contributed by atoms with Gasteiger partial charge >= 0.3 is 0 Å². The maximum atomic E-state index is 13.3. The lowest BCUT2D eigenvalue weighted by Crippen LogP contribution is -2.10. The fraction of sp³-hybridized carbons (Fsp3) is 0.0800. The average Bonchev–Trinajstić information content (AvgIpc) is 3.28. The van der Waals surface area contributed by atoms with Crippen molar-refractivity contribution in [1.82, 2.24) is 0 Å². The number of hydrogen-bond donors (Lipinski definition) is 0. The Bertz CT molecular complexity index is 1370. The van der Waals surface area contributed by atoms with Crippen molar-refractivity contribution >= 4 is 21.7 Å². The van der Waals surface area contributed by atoms with Crippen LogP contribution in [0.15, 0.2) is 92.7 Å². The van der Waals surface area contributed by atoms with Crippen LogP contribution in [0.3, 0.4) is 0 Å². The molecule has 142 valence electrons. The average molecular weight is 382 g/mol. The highest BCUT2D eigenvalue weighted by atomic mass is 16.5. The monoisotopic (exact) mass is 382 g/mol. The molecular weight excluding hydrogens is 364 g/mol. The predicted molar refractivity (Wildman–Crippen MR) is 113 cm³/mol. The SMILES string of the molecule is Cc1ccc2oc(-c3ccco3)c(OCc3cccc4ccccc34)c(=O)c2c1. The van der Waals surface area contributed by atoms with E-state index in [9.17, 15) is 4.79 Å². The lowest BCUT2D eigenvalue weighted by Gasteiger charge is -2.12. The van der Waals surface area contributed by atoms with Crippen molar-refractivity contribution in [2.75, 3.05) is 0 Å². The topological polar surface area (TPSA) is 52.6 Å². The summed E-state index contributed by atoms with van der Waals surface area (Å²) in [6, 6.07) is 23.2. The molecule has 2 aromatic heterocycles. The number of rotatable bonds is 4. The van der Waals surface area contributed by atoms with Gasteiger partial charge in [-0.25, -0.2) is 0 Å². The molecule has 5 rings (SSSR count). The highest BCUT2D eigenvalue weighted by Crippen LogP contribution is 2.32. The Morgan fingerprint density at radius 3 is 2.62 bits per heavy atom. The number of fused-ring (bicyclic) bond motifs is 2. The van der Waals surface area contributed by atoms with Gasteiger partial charge < -0.3 is 13.6 Å². The van der Waals surface area contributed by atoms with Crippen molar-refractivity contribution < 1.29 is 13.6 Å². The van der Waals surface area contributed by atoms with E-state index in [4.69, 9.17) is 13.6 Å². The van der Waals surface area contributed by atoms with Gasteiger partial charge in [0.1, 0.15) is 12.2 Å². The zero-order valence-corrected chi connectivity index (χ0v) is 15.8. The summed E-state index contributed by atoms with van der Waals surface area (Å²) in [5.74, 6) is 0.917. The van der Waals surface area contributed by atoms with Crippen molar-refractivity contribution in [3.63, 3.8) is 0 Å². The van der Waals surface area contributed by atoms with E-state index >= 15 is 0 Å². The van der Waals surface area contributed by atoms with E-state index in [1.54, 1.807) is 24.5 Å². The number of furan rings is 1. The molecule has 3 aromatic carbocycles. The Hall–Kier alpha value is -3.79. The second kappa shape index (κ2) is 6.99. The maximum absolute atomic E-state index is 13.3. The van der Waals surface area contributed by atoms with Gasteiger partial charge in [-0.2, -0.15) is 0 Å². The van der Waals surface area contributed by atoms with E-state index in [1.165, 1.54) is 0 Å². The van der Waals surface area contributed by atoms with Crippen molar-refractivity contribution in [3.05, 3.63) is 100 Å². The molecule has 4 nitrogen and oxygen atoms in total. The van der Waals surface area contributed by atoms with Crippen LogP contribution in [0, 0.1) is 6.92 Å². The quantitative estimate of drug-likeness (QED) is 0.377. The molecule has 0 bridgehead atoms. The van der Waals surface area contributed by atoms with Crippen molar-refractivity contribution in [1.29, 1.82) is 0 Å². The summed E-state index contributed by atoms with van der Waals surface area (Å²) >= 11 is 0. The zero-order valence-electron chi connectivity index (χ0n) is 15.8. The summed E-state index contributed by atoms with van der Waals surface area (Å²) in [6.45, 7) is 2.19. The van der Waals surface area contributed by atoms with Gasteiger partial charge in [0.25, 0.3) is 0 Å². The van der Waals surface area contributed by atoms with Gasteiger partial charge in [0.05, 0.1) is 11.6 Å². The molecule has 2 heterocycles. The van der Waals surface area contributed by atoms with E-state index in [-0.39, 0.29) is 17.8 Å². The first-order chi connectivity index (χ1) is 14.2. The lowest BCUT2D eigenvalue weighted by atomic mass is 10.1. The Labute approximate surface area is 167 Å². The lowest BCUT2D eigenvalue weighted by molar-refractivity contribution is 0.297. The third kappa shape index (κ3) is 3.09. The summed E-state index contributed by atoms with van der Waals surface area (Å²) < 4.78 is 17.6. The molecule has 29 heavy (non-hydrogen) atoms. The van der Waals surface area contributed by atoms with Gasteiger partial charge in [-0.05, 0) is 47.5 Å². The third-order valence-corrected chi connectivity index (χ3v) is 5.00. The highest BCUT2D eigenvalue weighted by molar-refractivity contribution is 5.85. The number of ether oxygens (including phenoxy) is 1. The van der Waals surface area contributed by atoms with Crippen LogP contribution in [0.5, 0.6) is 5.75 Å². The summed E-state index contributed by atoms with van der Waals surface area (Å²) in [7, 11) is 0. The molecule has 0 aliphatic carbocycles. The summed E-state index contributed by atoms with van der Waals surface area (Å²) in [5.41, 5.74) is 2.28. The predicted octanol–water partition coefficient (Wildman–Crippen LogP) is 6.09. The normalized spacial score (nSPS) is 11.2. The largest absolute Gasteiger partial charge is 0.481 e. The van der Waals surface area contributed by atoms with E-state index in [0.29, 0.717) is 22.5 Å². The van der Waals surface area contributed by atoms with Crippen LogP contribution in [0.1, 0.15) is 11.1 Å². The second-order valence-electron chi connectivity index (χ2n) is 6.99. The first-order valence-corrected chi connectivity index (χ1v) is 9.41. The summed E-state index contributed by atoms with van der Waals surface area (Å²) in [6.07, 6.45) is 1.54. The van der Waals surface area contributed by atoms with Crippen LogP contribution < -0.4 is 10.2 Å². The minimum atomic E-state index is -0.207. The Kier molecular flexibility index (Phi) is 4.17. The first kappa shape index (κ1) is 17.3. The number of benzene rings is 3. The second-order valence-corrected chi connectivity index (χ2v) is 6.99. The van der Waals surface area contributed by atoms with Crippen LogP contribution in [0.2, 0.25) is 0 Å². The standard InChI is InChI=1S/C25H18O4/c1-16-11-12-21-20(14-16)23(26)25(24(29-21)22-10-5-13-27-22)28-15-18-8-4-7-17-6-2-3-9-19(17)18/h2-14H,15H2,1H3. The smallest absolute Gasteiger partial charge is 0.235 e. The maximum Gasteiger partial charge on any atom is 0.235 e. The zero-order chi connectivity index (χ0) is 19.8. The summed E-state index contributed by atoms with van der Waals surface area (Å²) in [4.78, 5) is 13.3. The molecule has 0 aliphatic heterocycles. The minimum absolute atomic E-state index is 0.158. The molecule has 0 aliphatic rings. The number of hydrogen-bond acceptors (Lipinski definition) is 4. The van der Waals surface area contributed by atoms with E-state index in [1.807, 2.05) is 49.4 Å². The molecule has 0 radical (unpaired) electrons. The molecule has 0 fully saturated rings. The molecule has 5 aromatic rings. The van der Waals surface area contributed by atoms with Gasteiger partial charge in [0.15, 0.2) is 5.76 Å². The summed E-state index contributed by atoms with van der Waals surface area (Å²) in [5, 5.41) is 2.71. The van der Waals surface area contributed by atoms with Gasteiger partial charge in [-0.3, -0.25) is 4.79 Å². The van der Waals surface area contributed by atoms with Crippen LogP contribution in [0.4, 0.5) is 0 Å². The van der Waals surface area contributed by atoms with Gasteiger partial charge in [-0.1, -0.05) is 54.1 Å². The third-order valence-electron chi connectivity index (χ3n) is 5.00. The fourth-order valence-electron chi connectivity index (χ4n) is 3.56. The van der Waals surface area contributed by atoms with Crippen molar-refractivity contribution in [2.24, 2.45) is 0 Å². The van der Waals surface area contributed by atoms with Crippen LogP contribution in [0.25, 0.3) is 33.3 Å². The Balaban J connectivity index is 1.64. The van der Waals surface area contributed by atoms with Gasteiger partial charge in [-0.15, -0.1) is 0 Å². The Morgan fingerprint density at radius 1 is 0.897 bits per heavy atom. The minimum Gasteiger partial charge on any atom is -0.481 e. The van der Waals surface area contributed by atoms with Crippen LogP contribution in [-0.2, 0) is 6.61 Å². The van der Waals surface area contributed by atoms with Crippen molar-refractivity contribution in [3.8, 4) is 17.3 Å². The first-order valence-electron chi connectivity index (χ1n) is 9.41. The molecule has 4 heteroatoms. The molecule has 0 spiro atoms.